The summed E-state index contributed by atoms with van der Waals surface area (Å²) < 4.78 is 21.8. The average molecular weight is 451 g/mol. The molecule has 2 unspecified atom stereocenters. The van der Waals surface area contributed by atoms with Gasteiger partial charge in [-0.1, -0.05) is 123 Å². The maximum Gasteiger partial charge on any atom is 0.472 e. The van der Waals surface area contributed by atoms with Crippen molar-refractivity contribution < 1.29 is 23.6 Å². The van der Waals surface area contributed by atoms with Gasteiger partial charge in [0.2, 0.25) is 0 Å². The molecule has 0 spiro atoms. The van der Waals surface area contributed by atoms with Gasteiger partial charge in [0.1, 0.15) is 0 Å². The number of hydrogen-bond acceptors (Lipinski definition) is 4. The molecular formula is C24H51O5P. The summed E-state index contributed by atoms with van der Waals surface area (Å²) in [5.41, 5.74) is 0. The van der Waals surface area contributed by atoms with Crippen LogP contribution < -0.4 is 0 Å². The van der Waals surface area contributed by atoms with Gasteiger partial charge in [-0.25, -0.2) is 4.57 Å². The van der Waals surface area contributed by atoms with Crippen molar-refractivity contribution in [3.05, 3.63) is 0 Å². The monoisotopic (exact) mass is 450 g/mol. The van der Waals surface area contributed by atoms with E-state index in [0.717, 1.165) is 32.1 Å². The van der Waals surface area contributed by atoms with E-state index >= 15 is 0 Å². The number of aliphatic hydroxyl groups is 1. The molecule has 0 aromatic heterocycles. The van der Waals surface area contributed by atoms with Crippen LogP contribution in [0.2, 0.25) is 0 Å². The molecule has 0 bridgehead atoms. The first-order valence-corrected chi connectivity index (χ1v) is 14.3. The lowest BCUT2D eigenvalue weighted by Crippen LogP contribution is -2.14. The maximum atomic E-state index is 11.9. The van der Waals surface area contributed by atoms with Crippen LogP contribution in [0, 0.1) is 0 Å². The molecule has 0 aliphatic carbocycles. The summed E-state index contributed by atoms with van der Waals surface area (Å²) in [6, 6.07) is 0. The zero-order valence-electron chi connectivity index (χ0n) is 20.0. The molecule has 5 nitrogen and oxygen atoms in total. The normalized spacial score (nSPS) is 14.7. The molecule has 0 amide bonds. The third-order valence-electron chi connectivity index (χ3n) is 5.57. The van der Waals surface area contributed by atoms with Gasteiger partial charge in [-0.15, -0.1) is 0 Å². The number of phosphoric ester groups is 1. The molecule has 0 aliphatic heterocycles. The Morgan fingerprint density at radius 3 is 1.50 bits per heavy atom. The SMILES string of the molecule is CCCCCCCCCCCCOP(=O)(O)OCC(O)CCCCCCCCCC. The lowest BCUT2D eigenvalue weighted by atomic mass is 10.1. The van der Waals surface area contributed by atoms with Gasteiger partial charge in [0, 0.05) is 0 Å². The average Bonchev–Trinajstić information content (AvgIpc) is 2.72. The van der Waals surface area contributed by atoms with Gasteiger partial charge in [-0.05, 0) is 12.8 Å². The summed E-state index contributed by atoms with van der Waals surface area (Å²) in [7, 11) is -4.04. The molecular weight excluding hydrogens is 399 g/mol. The van der Waals surface area contributed by atoms with E-state index in [0.29, 0.717) is 6.42 Å². The zero-order valence-corrected chi connectivity index (χ0v) is 20.9. The molecule has 0 radical (unpaired) electrons. The molecule has 0 saturated heterocycles. The van der Waals surface area contributed by atoms with Crippen LogP contribution in [-0.4, -0.2) is 29.3 Å². The Hall–Kier alpha value is 0.0700. The van der Waals surface area contributed by atoms with Crippen LogP contribution in [0.3, 0.4) is 0 Å². The Morgan fingerprint density at radius 2 is 1.03 bits per heavy atom. The van der Waals surface area contributed by atoms with Crippen molar-refractivity contribution in [3.63, 3.8) is 0 Å². The van der Waals surface area contributed by atoms with Crippen LogP contribution in [0.5, 0.6) is 0 Å². The summed E-state index contributed by atoms with van der Waals surface area (Å²) in [6.07, 6.45) is 21.6. The van der Waals surface area contributed by atoms with Gasteiger partial charge in [0.15, 0.2) is 0 Å². The number of unbranched alkanes of at least 4 members (excludes halogenated alkanes) is 16. The van der Waals surface area contributed by atoms with Crippen molar-refractivity contribution in [2.45, 2.75) is 142 Å². The molecule has 0 aliphatic rings. The fourth-order valence-electron chi connectivity index (χ4n) is 3.58. The van der Waals surface area contributed by atoms with Gasteiger partial charge in [-0.3, -0.25) is 9.05 Å². The highest BCUT2D eigenvalue weighted by Crippen LogP contribution is 2.43. The zero-order chi connectivity index (χ0) is 22.3. The second kappa shape index (κ2) is 22.3. The maximum absolute atomic E-state index is 11.9. The fourth-order valence-corrected chi connectivity index (χ4v) is 4.38. The van der Waals surface area contributed by atoms with Crippen molar-refractivity contribution >= 4 is 7.82 Å². The molecule has 0 aromatic carbocycles. The Morgan fingerprint density at radius 1 is 0.633 bits per heavy atom. The van der Waals surface area contributed by atoms with Crippen molar-refractivity contribution in [2.24, 2.45) is 0 Å². The predicted octanol–water partition coefficient (Wildman–Crippen LogP) is 7.93. The van der Waals surface area contributed by atoms with E-state index in [1.807, 2.05) is 0 Å². The molecule has 0 rings (SSSR count). The highest BCUT2D eigenvalue weighted by atomic mass is 31.2. The highest BCUT2D eigenvalue weighted by Gasteiger charge is 2.22. The lowest BCUT2D eigenvalue weighted by molar-refractivity contribution is 0.0665. The summed E-state index contributed by atoms with van der Waals surface area (Å²) >= 11 is 0. The van der Waals surface area contributed by atoms with Crippen LogP contribution in [0.4, 0.5) is 0 Å². The summed E-state index contributed by atoms with van der Waals surface area (Å²) in [5.74, 6) is 0. The minimum Gasteiger partial charge on any atom is -0.391 e. The van der Waals surface area contributed by atoms with Crippen LogP contribution in [0.15, 0.2) is 0 Å². The molecule has 0 heterocycles. The topological polar surface area (TPSA) is 76.0 Å². The second-order valence-corrected chi connectivity index (χ2v) is 10.2. The number of rotatable bonds is 24. The van der Waals surface area contributed by atoms with Crippen LogP contribution in [-0.2, 0) is 13.6 Å². The molecule has 2 atom stereocenters. The minimum absolute atomic E-state index is 0.137. The van der Waals surface area contributed by atoms with E-state index in [9.17, 15) is 14.6 Å². The standard InChI is InChI=1S/C24H51O5P/c1-3-5-7-9-11-13-14-16-18-20-22-28-30(26,27)29-23-24(25)21-19-17-15-12-10-8-6-4-2/h24-25H,3-23H2,1-2H3,(H,26,27). The first-order valence-electron chi connectivity index (χ1n) is 12.8. The van der Waals surface area contributed by atoms with E-state index in [2.05, 4.69) is 13.8 Å². The van der Waals surface area contributed by atoms with Gasteiger partial charge < -0.3 is 10.00 Å². The number of phosphoric acid groups is 1. The summed E-state index contributed by atoms with van der Waals surface area (Å²) in [6.45, 7) is 4.55. The Kier molecular flexibility index (Phi) is 22.3. The third kappa shape index (κ3) is 22.7. The van der Waals surface area contributed by atoms with Gasteiger partial charge in [-0.2, -0.15) is 0 Å². The molecule has 0 aromatic rings. The number of aliphatic hydroxyl groups excluding tert-OH is 1. The van der Waals surface area contributed by atoms with E-state index in [1.54, 1.807) is 0 Å². The second-order valence-electron chi connectivity index (χ2n) is 8.70. The molecule has 0 saturated carbocycles. The smallest absolute Gasteiger partial charge is 0.391 e. The molecule has 0 fully saturated rings. The quantitative estimate of drug-likeness (QED) is 0.115. The van der Waals surface area contributed by atoms with Crippen molar-refractivity contribution in [2.75, 3.05) is 13.2 Å². The number of hydrogen-bond donors (Lipinski definition) is 2. The first kappa shape index (κ1) is 30.1. The molecule has 6 heteroatoms. The summed E-state index contributed by atoms with van der Waals surface area (Å²) in [5, 5.41) is 9.93. The van der Waals surface area contributed by atoms with Crippen LogP contribution in [0.25, 0.3) is 0 Å². The van der Waals surface area contributed by atoms with E-state index < -0.39 is 13.9 Å². The Bertz CT molecular complexity index is 392. The van der Waals surface area contributed by atoms with E-state index in [-0.39, 0.29) is 13.2 Å². The highest BCUT2D eigenvalue weighted by molar-refractivity contribution is 7.47. The van der Waals surface area contributed by atoms with Crippen LogP contribution >= 0.6 is 7.82 Å². The summed E-state index contributed by atoms with van der Waals surface area (Å²) in [4.78, 5) is 9.72. The van der Waals surface area contributed by atoms with E-state index in [1.165, 1.54) is 83.5 Å². The lowest BCUT2D eigenvalue weighted by Gasteiger charge is -2.15. The van der Waals surface area contributed by atoms with Crippen molar-refractivity contribution in [1.29, 1.82) is 0 Å². The van der Waals surface area contributed by atoms with Crippen molar-refractivity contribution in [3.8, 4) is 0 Å². The Balaban J connectivity index is 3.47. The van der Waals surface area contributed by atoms with Gasteiger partial charge in [0.25, 0.3) is 0 Å². The van der Waals surface area contributed by atoms with Gasteiger partial charge in [0.05, 0.1) is 19.3 Å². The van der Waals surface area contributed by atoms with E-state index in [4.69, 9.17) is 9.05 Å². The Labute approximate surface area is 186 Å². The molecule has 2 N–H and O–H groups in total. The van der Waals surface area contributed by atoms with Crippen LogP contribution in [0.1, 0.15) is 136 Å². The molecule has 30 heavy (non-hydrogen) atoms. The first-order chi connectivity index (χ1) is 14.5. The molecule has 182 valence electrons. The third-order valence-corrected chi connectivity index (χ3v) is 6.56. The largest absolute Gasteiger partial charge is 0.472 e. The fraction of sp³-hybridized carbons (Fsp3) is 1.00. The predicted molar refractivity (Wildman–Crippen MR) is 127 cm³/mol. The minimum atomic E-state index is -4.04. The van der Waals surface area contributed by atoms with Gasteiger partial charge >= 0.3 is 7.82 Å². The van der Waals surface area contributed by atoms with Crippen molar-refractivity contribution in [1.82, 2.24) is 0 Å².